The molecule has 0 fully saturated rings. The summed E-state index contributed by atoms with van der Waals surface area (Å²) < 4.78 is 22.4. The van der Waals surface area contributed by atoms with E-state index >= 15 is 0 Å². The SMILES string of the molecule is C[NH+](C)CCCNc1ccc(S(N)(=O)=O)cc1[N+](=O)[O-]. The number of benzene rings is 1. The molecular formula is C11H19N4O4S+. The maximum atomic E-state index is 11.2. The van der Waals surface area contributed by atoms with Gasteiger partial charge in [-0.3, -0.25) is 10.1 Å². The summed E-state index contributed by atoms with van der Waals surface area (Å²) in [5.74, 6) is 0. The molecule has 4 N–H and O–H groups in total. The number of sulfonamides is 1. The highest BCUT2D eigenvalue weighted by atomic mass is 32.2. The van der Waals surface area contributed by atoms with Crippen LogP contribution in [0.4, 0.5) is 11.4 Å². The summed E-state index contributed by atoms with van der Waals surface area (Å²) in [5, 5.41) is 18.9. The molecule has 1 aromatic carbocycles. The molecule has 0 atom stereocenters. The Balaban J connectivity index is 2.89. The van der Waals surface area contributed by atoms with Gasteiger partial charge in [0.2, 0.25) is 10.0 Å². The number of nitrogens with zero attached hydrogens (tertiary/aromatic N) is 1. The third kappa shape index (κ3) is 4.76. The van der Waals surface area contributed by atoms with E-state index in [-0.39, 0.29) is 16.3 Å². The van der Waals surface area contributed by atoms with E-state index in [1.807, 2.05) is 14.1 Å². The molecule has 0 saturated heterocycles. The Morgan fingerprint density at radius 3 is 2.55 bits per heavy atom. The number of hydrogen-bond acceptors (Lipinski definition) is 5. The van der Waals surface area contributed by atoms with Crippen molar-refractivity contribution in [2.75, 3.05) is 32.5 Å². The summed E-state index contributed by atoms with van der Waals surface area (Å²) in [4.78, 5) is 11.3. The van der Waals surface area contributed by atoms with Crippen molar-refractivity contribution in [3.8, 4) is 0 Å². The van der Waals surface area contributed by atoms with Crippen molar-refractivity contribution in [2.24, 2.45) is 5.14 Å². The Kier molecular flexibility index (Phi) is 5.43. The second-order valence-corrected chi connectivity index (χ2v) is 6.28. The van der Waals surface area contributed by atoms with E-state index in [0.29, 0.717) is 6.54 Å². The molecule has 9 heteroatoms. The number of rotatable bonds is 7. The molecule has 1 aromatic rings. The lowest BCUT2D eigenvalue weighted by Gasteiger charge is -2.10. The molecule has 0 aliphatic rings. The standard InChI is InChI=1S/C11H18N4O4S/c1-14(2)7-3-6-13-10-5-4-9(20(12,18)19)8-11(10)15(16)17/h4-5,8,13H,3,6-7H2,1-2H3,(H2,12,18,19)/p+1. The predicted octanol–water partition coefficient (Wildman–Crippen LogP) is -0.811. The lowest BCUT2D eigenvalue weighted by Crippen LogP contribution is -3.05. The van der Waals surface area contributed by atoms with Gasteiger partial charge in [0.1, 0.15) is 5.69 Å². The molecule has 112 valence electrons. The largest absolute Gasteiger partial charge is 0.379 e. The highest BCUT2D eigenvalue weighted by molar-refractivity contribution is 7.89. The van der Waals surface area contributed by atoms with Crippen LogP contribution >= 0.6 is 0 Å². The highest BCUT2D eigenvalue weighted by Gasteiger charge is 2.18. The second-order valence-electron chi connectivity index (χ2n) is 4.72. The van der Waals surface area contributed by atoms with Crippen LogP contribution in [0.15, 0.2) is 23.1 Å². The van der Waals surface area contributed by atoms with Gasteiger partial charge in [-0.15, -0.1) is 0 Å². The minimum absolute atomic E-state index is 0.271. The van der Waals surface area contributed by atoms with Crippen LogP contribution in [0, 0.1) is 10.1 Å². The molecule has 0 spiro atoms. The molecule has 1 rings (SSSR count). The van der Waals surface area contributed by atoms with Gasteiger partial charge in [0.05, 0.1) is 30.5 Å². The quantitative estimate of drug-likeness (QED) is 0.346. The van der Waals surface area contributed by atoms with Crippen molar-refractivity contribution in [3.63, 3.8) is 0 Å². The van der Waals surface area contributed by atoms with Crippen molar-refractivity contribution < 1.29 is 18.2 Å². The molecule has 0 amide bonds. The van der Waals surface area contributed by atoms with Crippen LogP contribution in [0.25, 0.3) is 0 Å². The van der Waals surface area contributed by atoms with Crippen LogP contribution in [-0.2, 0) is 10.0 Å². The molecule has 0 aliphatic carbocycles. The van der Waals surface area contributed by atoms with Crippen molar-refractivity contribution in [1.82, 2.24) is 0 Å². The molecule has 0 unspecified atom stereocenters. The molecular weight excluding hydrogens is 284 g/mol. The number of nitro groups is 1. The van der Waals surface area contributed by atoms with Crippen molar-refractivity contribution in [1.29, 1.82) is 0 Å². The second kappa shape index (κ2) is 6.64. The minimum Gasteiger partial charge on any atom is -0.379 e. The zero-order valence-corrected chi connectivity index (χ0v) is 12.2. The van der Waals surface area contributed by atoms with Crippen molar-refractivity contribution in [3.05, 3.63) is 28.3 Å². The topological polar surface area (TPSA) is 120 Å². The van der Waals surface area contributed by atoms with Crippen LogP contribution in [0.5, 0.6) is 0 Å². The van der Waals surface area contributed by atoms with E-state index in [9.17, 15) is 18.5 Å². The van der Waals surface area contributed by atoms with Gasteiger partial charge in [0, 0.05) is 19.0 Å². The van der Waals surface area contributed by atoms with Gasteiger partial charge >= 0.3 is 0 Å². The van der Waals surface area contributed by atoms with Gasteiger partial charge in [-0.05, 0) is 12.1 Å². The number of nitro benzene ring substituents is 1. The monoisotopic (exact) mass is 303 g/mol. The Hall–Kier alpha value is -1.71. The van der Waals surface area contributed by atoms with Gasteiger partial charge < -0.3 is 10.2 Å². The molecule has 0 aromatic heterocycles. The lowest BCUT2D eigenvalue weighted by molar-refractivity contribution is -0.858. The molecule has 0 aliphatic heterocycles. The smallest absolute Gasteiger partial charge is 0.293 e. The summed E-state index contributed by atoms with van der Waals surface area (Å²) in [7, 11) is 0.0869. The molecule has 20 heavy (non-hydrogen) atoms. The summed E-state index contributed by atoms with van der Waals surface area (Å²) in [6.07, 6.45) is 0.844. The number of anilines is 1. The number of nitrogens with one attached hydrogen (secondary N) is 2. The van der Waals surface area contributed by atoms with Crippen molar-refractivity contribution in [2.45, 2.75) is 11.3 Å². The lowest BCUT2D eigenvalue weighted by atomic mass is 10.2. The third-order valence-corrected chi connectivity index (χ3v) is 3.57. The molecule has 8 nitrogen and oxygen atoms in total. The van der Waals surface area contributed by atoms with E-state index in [4.69, 9.17) is 5.14 Å². The Bertz CT molecular complexity index is 586. The van der Waals surface area contributed by atoms with Crippen LogP contribution in [0.2, 0.25) is 0 Å². The third-order valence-electron chi connectivity index (χ3n) is 2.66. The first-order valence-corrected chi connectivity index (χ1v) is 7.60. The fourth-order valence-electron chi connectivity index (χ4n) is 1.65. The molecule has 0 heterocycles. The first kappa shape index (κ1) is 16.3. The molecule has 0 radical (unpaired) electrons. The van der Waals surface area contributed by atoms with Crippen LogP contribution < -0.4 is 15.4 Å². The first-order valence-electron chi connectivity index (χ1n) is 6.06. The Morgan fingerprint density at radius 2 is 2.05 bits per heavy atom. The number of hydrogen-bond donors (Lipinski definition) is 3. The Labute approximate surface area is 117 Å². The molecule has 0 saturated carbocycles. The van der Waals surface area contributed by atoms with E-state index in [2.05, 4.69) is 5.32 Å². The maximum absolute atomic E-state index is 11.2. The van der Waals surface area contributed by atoms with Crippen LogP contribution in [-0.4, -0.2) is 40.5 Å². The summed E-state index contributed by atoms with van der Waals surface area (Å²) >= 11 is 0. The number of nitrogens with two attached hydrogens (primary N) is 1. The van der Waals surface area contributed by atoms with E-state index in [0.717, 1.165) is 19.0 Å². The first-order chi connectivity index (χ1) is 9.21. The van der Waals surface area contributed by atoms with Crippen molar-refractivity contribution >= 4 is 21.4 Å². The van der Waals surface area contributed by atoms with E-state index < -0.39 is 14.9 Å². The Morgan fingerprint density at radius 1 is 1.40 bits per heavy atom. The maximum Gasteiger partial charge on any atom is 0.293 e. The predicted molar refractivity (Wildman–Crippen MR) is 75.3 cm³/mol. The summed E-state index contributed by atoms with van der Waals surface area (Å²) in [6, 6.07) is 3.58. The van der Waals surface area contributed by atoms with Gasteiger partial charge in [-0.1, -0.05) is 0 Å². The minimum atomic E-state index is -3.95. The molecule has 0 bridgehead atoms. The average Bonchev–Trinajstić information content (AvgIpc) is 2.33. The fraction of sp³-hybridized carbons (Fsp3) is 0.455. The average molecular weight is 303 g/mol. The van der Waals surface area contributed by atoms with E-state index in [1.54, 1.807) is 0 Å². The zero-order valence-electron chi connectivity index (χ0n) is 11.4. The zero-order chi connectivity index (χ0) is 15.3. The van der Waals surface area contributed by atoms with Gasteiger partial charge in [0.25, 0.3) is 5.69 Å². The van der Waals surface area contributed by atoms with Crippen LogP contribution in [0.3, 0.4) is 0 Å². The highest BCUT2D eigenvalue weighted by Crippen LogP contribution is 2.26. The van der Waals surface area contributed by atoms with Gasteiger partial charge in [-0.2, -0.15) is 0 Å². The fourth-order valence-corrected chi connectivity index (χ4v) is 2.19. The van der Waals surface area contributed by atoms with Crippen LogP contribution in [0.1, 0.15) is 6.42 Å². The summed E-state index contributed by atoms with van der Waals surface area (Å²) in [5.41, 5.74) is -0.00937. The normalized spacial score (nSPS) is 11.6. The van der Waals surface area contributed by atoms with Gasteiger partial charge in [0.15, 0.2) is 0 Å². The van der Waals surface area contributed by atoms with Gasteiger partial charge in [-0.25, -0.2) is 13.6 Å². The number of primary sulfonamides is 1. The summed E-state index contributed by atoms with van der Waals surface area (Å²) in [6.45, 7) is 1.50. The number of quaternary nitrogens is 1. The van der Waals surface area contributed by atoms with E-state index in [1.165, 1.54) is 17.0 Å².